The lowest BCUT2D eigenvalue weighted by Crippen LogP contribution is -2.45. The van der Waals surface area contributed by atoms with E-state index in [0.29, 0.717) is 12.0 Å². The molecule has 0 amide bonds. The van der Waals surface area contributed by atoms with E-state index < -0.39 is 0 Å². The van der Waals surface area contributed by atoms with Gasteiger partial charge in [0.1, 0.15) is 0 Å². The van der Waals surface area contributed by atoms with E-state index in [1.165, 1.54) is 25.7 Å². The molecule has 0 bridgehead atoms. The Labute approximate surface area is 111 Å². The molecule has 2 fully saturated rings. The minimum Gasteiger partial charge on any atom is -0.375 e. The second kappa shape index (κ2) is 7.43. The van der Waals surface area contributed by atoms with Gasteiger partial charge in [-0.1, -0.05) is 19.8 Å². The zero-order chi connectivity index (χ0) is 12.8. The van der Waals surface area contributed by atoms with Crippen molar-refractivity contribution in [3.63, 3.8) is 0 Å². The van der Waals surface area contributed by atoms with Gasteiger partial charge >= 0.3 is 0 Å². The Hall–Kier alpha value is -0.160. The summed E-state index contributed by atoms with van der Waals surface area (Å²) in [5.74, 6) is 0.560. The van der Waals surface area contributed by atoms with E-state index >= 15 is 0 Å². The predicted octanol–water partition coefficient (Wildman–Crippen LogP) is 1.24. The van der Waals surface area contributed by atoms with Gasteiger partial charge in [-0.2, -0.15) is 0 Å². The van der Waals surface area contributed by atoms with Crippen LogP contribution in [0.25, 0.3) is 0 Å². The largest absolute Gasteiger partial charge is 0.375 e. The van der Waals surface area contributed by atoms with Gasteiger partial charge in [0.05, 0.1) is 25.4 Å². The molecule has 0 spiro atoms. The zero-order valence-electron chi connectivity index (χ0n) is 11.6. The van der Waals surface area contributed by atoms with Crippen molar-refractivity contribution in [3.05, 3.63) is 0 Å². The van der Waals surface area contributed by atoms with E-state index in [0.717, 1.165) is 39.4 Å². The lowest BCUT2D eigenvalue weighted by Gasteiger charge is -2.35. The maximum Gasteiger partial charge on any atom is 0.0935 e. The van der Waals surface area contributed by atoms with Gasteiger partial charge in [0.25, 0.3) is 0 Å². The van der Waals surface area contributed by atoms with Crippen LogP contribution < -0.4 is 5.73 Å². The van der Waals surface area contributed by atoms with Crippen molar-refractivity contribution >= 4 is 0 Å². The van der Waals surface area contributed by atoms with Gasteiger partial charge in [0.15, 0.2) is 0 Å². The molecule has 1 aliphatic carbocycles. The quantitative estimate of drug-likeness (QED) is 0.804. The first kappa shape index (κ1) is 14.3. The molecule has 3 unspecified atom stereocenters. The van der Waals surface area contributed by atoms with E-state index in [1.54, 1.807) is 0 Å². The lowest BCUT2D eigenvalue weighted by atomic mass is 9.86. The fourth-order valence-corrected chi connectivity index (χ4v) is 3.06. The molecule has 2 N–H and O–H groups in total. The molecular formula is C14H28N2O2. The summed E-state index contributed by atoms with van der Waals surface area (Å²) in [5.41, 5.74) is 5.83. The van der Waals surface area contributed by atoms with E-state index in [-0.39, 0.29) is 6.10 Å². The van der Waals surface area contributed by atoms with Crippen LogP contribution in [0, 0.1) is 5.92 Å². The predicted molar refractivity (Wildman–Crippen MR) is 72.6 cm³/mol. The van der Waals surface area contributed by atoms with Crippen molar-refractivity contribution in [1.82, 2.24) is 4.90 Å². The van der Waals surface area contributed by atoms with Crippen LogP contribution in [-0.4, -0.2) is 56.5 Å². The van der Waals surface area contributed by atoms with E-state index in [1.807, 2.05) is 0 Å². The SMILES string of the molecule is CCN1CCOC(COC2CCCCC2CN)C1. The molecule has 0 radical (unpaired) electrons. The normalized spacial score (nSPS) is 34.7. The second-order valence-electron chi connectivity index (χ2n) is 5.54. The number of nitrogens with zero attached hydrogens (tertiary/aromatic N) is 1. The van der Waals surface area contributed by atoms with Crippen LogP contribution in [0.1, 0.15) is 32.6 Å². The summed E-state index contributed by atoms with van der Waals surface area (Å²) in [7, 11) is 0. The van der Waals surface area contributed by atoms with Gasteiger partial charge in [-0.3, -0.25) is 4.90 Å². The third-order valence-electron chi connectivity index (χ3n) is 4.31. The van der Waals surface area contributed by atoms with Crippen LogP contribution in [0.15, 0.2) is 0 Å². The molecular weight excluding hydrogens is 228 g/mol. The highest BCUT2D eigenvalue weighted by molar-refractivity contribution is 4.78. The van der Waals surface area contributed by atoms with E-state index in [4.69, 9.17) is 15.2 Å². The smallest absolute Gasteiger partial charge is 0.0935 e. The van der Waals surface area contributed by atoms with Gasteiger partial charge in [0, 0.05) is 13.1 Å². The Balaban J connectivity index is 1.72. The number of likely N-dealkylation sites (N-methyl/N-ethyl adjacent to an activating group) is 1. The first-order valence-electron chi connectivity index (χ1n) is 7.49. The van der Waals surface area contributed by atoms with Crippen molar-refractivity contribution in [1.29, 1.82) is 0 Å². The molecule has 4 nitrogen and oxygen atoms in total. The molecule has 0 aromatic rings. The Bertz CT molecular complexity index is 238. The summed E-state index contributed by atoms with van der Waals surface area (Å²) in [5, 5.41) is 0. The number of ether oxygens (including phenoxy) is 2. The lowest BCUT2D eigenvalue weighted by molar-refractivity contribution is -0.0993. The number of nitrogens with two attached hydrogens (primary N) is 1. The molecule has 18 heavy (non-hydrogen) atoms. The minimum atomic E-state index is 0.249. The van der Waals surface area contributed by atoms with Crippen LogP contribution in [0.3, 0.4) is 0 Å². The number of hydrogen-bond acceptors (Lipinski definition) is 4. The molecule has 1 saturated carbocycles. The third-order valence-corrected chi connectivity index (χ3v) is 4.31. The minimum absolute atomic E-state index is 0.249. The fourth-order valence-electron chi connectivity index (χ4n) is 3.06. The van der Waals surface area contributed by atoms with Crippen LogP contribution in [0.4, 0.5) is 0 Å². The Morgan fingerprint density at radius 2 is 2.17 bits per heavy atom. The molecule has 1 saturated heterocycles. The maximum atomic E-state index is 6.09. The van der Waals surface area contributed by atoms with Crippen molar-refractivity contribution in [2.24, 2.45) is 11.7 Å². The molecule has 0 aromatic heterocycles. The summed E-state index contributed by atoms with van der Waals surface area (Å²) in [4.78, 5) is 2.43. The monoisotopic (exact) mass is 256 g/mol. The molecule has 1 aliphatic heterocycles. The van der Waals surface area contributed by atoms with Crippen LogP contribution in [0.2, 0.25) is 0 Å². The molecule has 2 rings (SSSR count). The van der Waals surface area contributed by atoms with Crippen LogP contribution in [0.5, 0.6) is 0 Å². The standard InChI is InChI=1S/C14H28N2O2/c1-2-16-7-8-17-13(10-16)11-18-14-6-4-3-5-12(14)9-15/h12-14H,2-11,15H2,1H3. The summed E-state index contributed by atoms with van der Waals surface area (Å²) < 4.78 is 11.9. The molecule has 4 heteroatoms. The molecule has 0 aromatic carbocycles. The Morgan fingerprint density at radius 3 is 2.94 bits per heavy atom. The number of hydrogen-bond donors (Lipinski definition) is 1. The first-order chi connectivity index (χ1) is 8.83. The molecule has 1 heterocycles. The van der Waals surface area contributed by atoms with Gasteiger partial charge in [-0.15, -0.1) is 0 Å². The third kappa shape index (κ3) is 3.92. The Kier molecular flexibility index (Phi) is 5.89. The highest BCUT2D eigenvalue weighted by Crippen LogP contribution is 2.26. The molecule has 2 aliphatic rings. The van der Waals surface area contributed by atoms with Crippen molar-refractivity contribution < 1.29 is 9.47 Å². The fraction of sp³-hybridized carbons (Fsp3) is 1.00. The van der Waals surface area contributed by atoms with Crippen LogP contribution in [-0.2, 0) is 9.47 Å². The Morgan fingerprint density at radius 1 is 1.33 bits per heavy atom. The first-order valence-corrected chi connectivity index (χ1v) is 7.49. The number of morpholine rings is 1. The summed E-state index contributed by atoms with van der Waals surface area (Å²) in [6.45, 7) is 7.71. The van der Waals surface area contributed by atoms with E-state index in [9.17, 15) is 0 Å². The average molecular weight is 256 g/mol. The highest BCUT2D eigenvalue weighted by Gasteiger charge is 2.27. The molecule has 106 valence electrons. The average Bonchev–Trinajstić information content (AvgIpc) is 2.45. The van der Waals surface area contributed by atoms with Crippen LogP contribution >= 0.6 is 0 Å². The zero-order valence-corrected chi connectivity index (χ0v) is 11.6. The number of rotatable bonds is 5. The molecule has 3 atom stereocenters. The van der Waals surface area contributed by atoms with Gasteiger partial charge in [-0.05, 0) is 31.8 Å². The van der Waals surface area contributed by atoms with Crippen molar-refractivity contribution in [3.8, 4) is 0 Å². The van der Waals surface area contributed by atoms with Crippen molar-refractivity contribution in [2.75, 3.05) is 39.4 Å². The van der Waals surface area contributed by atoms with Gasteiger partial charge < -0.3 is 15.2 Å². The second-order valence-corrected chi connectivity index (χ2v) is 5.54. The highest BCUT2D eigenvalue weighted by atomic mass is 16.5. The summed E-state index contributed by atoms with van der Waals surface area (Å²) in [6.07, 6.45) is 5.61. The summed E-state index contributed by atoms with van der Waals surface area (Å²) in [6, 6.07) is 0. The van der Waals surface area contributed by atoms with Gasteiger partial charge in [0.2, 0.25) is 0 Å². The summed E-state index contributed by atoms with van der Waals surface area (Å²) >= 11 is 0. The van der Waals surface area contributed by atoms with Gasteiger partial charge in [-0.25, -0.2) is 0 Å². The maximum absolute atomic E-state index is 6.09. The van der Waals surface area contributed by atoms with Crippen molar-refractivity contribution in [2.45, 2.75) is 44.8 Å². The topological polar surface area (TPSA) is 47.7 Å². The van der Waals surface area contributed by atoms with E-state index in [2.05, 4.69) is 11.8 Å².